The Bertz CT molecular complexity index is 253. The van der Waals surface area contributed by atoms with Crippen molar-refractivity contribution in [3.05, 3.63) is 0 Å². The first-order chi connectivity index (χ1) is 7.91. The van der Waals surface area contributed by atoms with Gasteiger partial charge in [-0.3, -0.25) is 4.79 Å². The Morgan fingerprint density at radius 3 is 2.59 bits per heavy atom. The maximum atomic E-state index is 12.0. The Kier molecular flexibility index (Phi) is 5.44. The molecule has 0 heterocycles. The summed E-state index contributed by atoms with van der Waals surface area (Å²) in [5, 5.41) is 3.14. The van der Waals surface area contributed by atoms with E-state index >= 15 is 0 Å². The van der Waals surface area contributed by atoms with Crippen LogP contribution >= 0.6 is 0 Å². The predicted molar refractivity (Wildman–Crippen MR) is 71.5 cm³/mol. The summed E-state index contributed by atoms with van der Waals surface area (Å²) in [5.41, 5.74) is 5.90. The fourth-order valence-corrected chi connectivity index (χ4v) is 2.69. The van der Waals surface area contributed by atoms with Crippen LogP contribution in [0, 0.1) is 17.8 Å². The number of amides is 1. The van der Waals surface area contributed by atoms with Crippen molar-refractivity contribution in [2.24, 2.45) is 23.5 Å². The predicted octanol–water partition coefficient (Wildman–Crippen LogP) is 2.30. The Morgan fingerprint density at radius 1 is 1.35 bits per heavy atom. The number of carbonyl (C=O) groups excluding carboxylic acids is 1. The third kappa shape index (κ3) is 4.30. The Balaban J connectivity index is 2.44. The van der Waals surface area contributed by atoms with E-state index in [-0.39, 0.29) is 11.9 Å². The van der Waals surface area contributed by atoms with E-state index in [1.165, 1.54) is 12.8 Å². The van der Waals surface area contributed by atoms with Crippen molar-refractivity contribution >= 4 is 5.91 Å². The average Bonchev–Trinajstić information content (AvgIpc) is 2.23. The summed E-state index contributed by atoms with van der Waals surface area (Å²) < 4.78 is 0. The van der Waals surface area contributed by atoms with Gasteiger partial charge in [0.05, 0.1) is 6.04 Å². The molecule has 0 saturated heterocycles. The monoisotopic (exact) mass is 240 g/mol. The van der Waals surface area contributed by atoms with E-state index in [0.29, 0.717) is 23.8 Å². The lowest BCUT2D eigenvalue weighted by Crippen LogP contribution is -2.50. The molecule has 0 bridgehead atoms. The molecule has 0 aliphatic heterocycles. The minimum atomic E-state index is -0.348. The summed E-state index contributed by atoms with van der Waals surface area (Å²) in [6.07, 6.45) is 4.37. The van der Waals surface area contributed by atoms with Gasteiger partial charge in [0.25, 0.3) is 0 Å². The summed E-state index contributed by atoms with van der Waals surface area (Å²) in [6.45, 7) is 8.71. The quantitative estimate of drug-likeness (QED) is 0.792. The van der Waals surface area contributed by atoms with E-state index in [4.69, 9.17) is 5.73 Å². The zero-order valence-corrected chi connectivity index (χ0v) is 11.7. The Labute approximate surface area is 106 Å². The third-order valence-corrected chi connectivity index (χ3v) is 4.10. The van der Waals surface area contributed by atoms with Gasteiger partial charge in [0, 0.05) is 6.04 Å². The lowest BCUT2D eigenvalue weighted by Gasteiger charge is -2.35. The van der Waals surface area contributed by atoms with Crippen molar-refractivity contribution in [3.63, 3.8) is 0 Å². The van der Waals surface area contributed by atoms with Gasteiger partial charge in [-0.15, -0.1) is 0 Å². The third-order valence-electron chi connectivity index (χ3n) is 4.10. The molecule has 1 aliphatic rings. The van der Waals surface area contributed by atoms with E-state index in [1.807, 2.05) is 0 Å². The molecule has 0 radical (unpaired) electrons. The van der Waals surface area contributed by atoms with Crippen LogP contribution < -0.4 is 11.1 Å². The molecule has 100 valence electrons. The molecular weight excluding hydrogens is 212 g/mol. The first-order valence-corrected chi connectivity index (χ1v) is 6.97. The van der Waals surface area contributed by atoms with Crippen molar-refractivity contribution in [1.29, 1.82) is 0 Å². The second-order valence-electron chi connectivity index (χ2n) is 6.12. The van der Waals surface area contributed by atoms with Crippen LogP contribution in [0.3, 0.4) is 0 Å². The Morgan fingerprint density at radius 2 is 2.00 bits per heavy atom. The van der Waals surface area contributed by atoms with E-state index in [9.17, 15) is 4.79 Å². The van der Waals surface area contributed by atoms with Crippen molar-refractivity contribution in [2.75, 3.05) is 0 Å². The van der Waals surface area contributed by atoms with Gasteiger partial charge in [0.2, 0.25) is 5.91 Å². The fraction of sp³-hybridized carbons (Fsp3) is 0.929. The molecule has 3 N–H and O–H groups in total. The molecule has 3 heteroatoms. The van der Waals surface area contributed by atoms with Gasteiger partial charge >= 0.3 is 0 Å². The molecule has 4 atom stereocenters. The lowest BCUT2D eigenvalue weighted by atomic mass is 9.78. The molecule has 0 spiro atoms. The summed E-state index contributed by atoms with van der Waals surface area (Å²) in [7, 11) is 0. The number of rotatable bonds is 4. The number of nitrogens with one attached hydrogen (secondary N) is 1. The first kappa shape index (κ1) is 14.5. The summed E-state index contributed by atoms with van der Waals surface area (Å²) >= 11 is 0. The van der Waals surface area contributed by atoms with Crippen molar-refractivity contribution in [1.82, 2.24) is 5.32 Å². The average molecular weight is 240 g/mol. The maximum Gasteiger partial charge on any atom is 0.237 e. The minimum absolute atomic E-state index is 0.0321. The highest BCUT2D eigenvalue weighted by Gasteiger charge is 2.29. The molecule has 17 heavy (non-hydrogen) atoms. The highest BCUT2D eigenvalue weighted by atomic mass is 16.2. The van der Waals surface area contributed by atoms with E-state index in [0.717, 1.165) is 12.8 Å². The van der Waals surface area contributed by atoms with Crippen LogP contribution in [0.5, 0.6) is 0 Å². The van der Waals surface area contributed by atoms with E-state index < -0.39 is 0 Å². The molecule has 3 nitrogen and oxygen atoms in total. The fourth-order valence-electron chi connectivity index (χ4n) is 2.69. The van der Waals surface area contributed by atoms with Gasteiger partial charge in [0.1, 0.15) is 0 Å². The highest BCUT2D eigenvalue weighted by molar-refractivity contribution is 5.81. The molecule has 1 rings (SSSR count). The number of hydrogen-bond acceptors (Lipinski definition) is 2. The molecule has 1 aliphatic carbocycles. The lowest BCUT2D eigenvalue weighted by molar-refractivity contribution is -0.124. The number of carbonyl (C=O) groups is 1. The second kappa shape index (κ2) is 6.39. The van der Waals surface area contributed by atoms with Gasteiger partial charge in [-0.2, -0.15) is 0 Å². The minimum Gasteiger partial charge on any atom is -0.352 e. The van der Waals surface area contributed by atoms with Crippen LogP contribution in [0.25, 0.3) is 0 Å². The molecule has 3 unspecified atom stereocenters. The molecule has 1 fully saturated rings. The standard InChI is InChI=1S/C14H28N2O/c1-9(2)8-12(15)14(17)16-13-7-5-6-10(3)11(13)4/h9-13H,5-8,15H2,1-4H3,(H,16,17)/t10?,11?,12-,13?/m1/s1. The molecule has 0 aromatic heterocycles. The summed E-state index contributed by atoms with van der Waals surface area (Å²) in [4.78, 5) is 12.0. The van der Waals surface area contributed by atoms with Gasteiger partial charge in [-0.05, 0) is 30.6 Å². The first-order valence-electron chi connectivity index (χ1n) is 6.97. The molecular formula is C14H28N2O. The van der Waals surface area contributed by atoms with Crippen molar-refractivity contribution in [2.45, 2.75) is 65.5 Å². The van der Waals surface area contributed by atoms with Crippen molar-refractivity contribution in [3.8, 4) is 0 Å². The van der Waals surface area contributed by atoms with Gasteiger partial charge in [0.15, 0.2) is 0 Å². The molecule has 1 amide bonds. The number of hydrogen-bond donors (Lipinski definition) is 2. The topological polar surface area (TPSA) is 55.1 Å². The van der Waals surface area contributed by atoms with Crippen LogP contribution in [0.1, 0.15) is 53.4 Å². The van der Waals surface area contributed by atoms with E-state index in [2.05, 4.69) is 33.0 Å². The highest BCUT2D eigenvalue weighted by Crippen LogP contribution is 2.29. The van der Waals surface area contributed by atoms with Crippen LogP contribution in [0.15, 0.2) is 0 Å². The van der Waals surface area contributed by atoms with Crippen LogP contribution in [0.2, 0.25) is 0 Å². The maximum absolute atomic E-state index is 12.0. The van der Waals surface area contributed by atoms with Gasteiger partial charge in [-0.1, -0.05) is 40.5 Å². The Hall–Kier alpha value is -0.570. The molecule has 0 aromatic carbocycles. The molecule has 0 aromatic rings. The summed E-state index contributed by atoms with van der Waals surface area (Å²) in [6, 6.07) is -0.0242. The second-order valence-corrected chi connectivity index (χ2v) is 6.12. The smallest absolute Gasteiger partial charge is 0.237 e. The zero-order chi connectivity index (χ0) is 13.0. The van der Waals surface area contributed by atoms with Gasteiger partial charge < -0.3 is 11.1 Å². The normalized spacial score (nSPS) is 31.3. The SMILES string of the molecule is CC(C)C[C@@H](N)C(=O)NC1CCCC(C)C1C. The zero-order valence-electron chi connectivity index (χ0n) is 11.7. The van der Waals surface area contributed by atoms with Crippen LogP contribution in [-0.2, 0) is 4.79 Å². The van der Waals surface area contributed by atoms with Crippen molar-refractivity contribution < 1.29 is 4.79 Å². The van der Waals surface area contributed by atoms with Crippen LogP contribution in [-0.4, -0.2) is 18.0 Å². The summed E-state index contributed by atoms with van der Waals surface area (Å²) in [5.74, 6) is 1.78. The van der Waals surface area contributed by atoms with E-state index in [1.54, 1.807) is 0 Å². The van der Waals surface area contributed by atoms with Crippen LogP contribution in [0.4, 0.5) is 0 Å². The van der Waals surface area contributed by atoms with Gasteiger partial charge in [-0.25, -0.2) is 0 Å². The largest absolute Gasteiger partial charge is 0.352 e. The molecule has 1 saturated carbocycles. The number of nitrogens with two attached hydrogens (primary N) is 1.